The summed E-state index contributed by atoms with van der Waals surface area (Å²) in [5.41, 5.74) is 0.797. The van der Waals surface area contributed by atoms with Crippen molar-refractivity contribution in [1.82, 2.24) is 5.32 Å². The van der Waals surface area contributed by atoms with Crippen molar-refractivity contribution in [2.24, 2.45) is 5.92 Å². The Kier molecular flexibility index (Phi) is 5.16. The van der Waals surface area contributed by atoms with E-state index in [9.17, 15) is 18.4 Å². The maximum absolute atomic E-state index is 13.9. The van der Waals surface area contributed by atoms with Crippen molar-refractivity contribution in [3.8, 4) is 5.75 Å². The number of nitrogens with zero attached hydrogens (tertiary/aromatic N) is 1. The lowest BCUT2D eigenvalue weighted by molar-refractivity contribution is -0.126. The highest BCUT2D eigenvalue weighted by atomic mass is 19.1. The van der Waals surface area contributed by atoms with Gasteiger partial charge >= 0.3 is 0 Å². The lowest BCUT2D eigenvalue weighted by Crippen LogP contribution is -2.33. The minimum atomic E-state index is -0.826. The Hall–Kier alpha value is -2.96. The predicted molar refractivity (Wildman–Crippen MR) is 91.7 cm³/mol. The molecule has 1 atom stereocenters. The first-order valence-electron chi connectivity index (χ1n) is 8.14. The summed E-state index contributed by atoms with van der Waals surface area (Å²) in [5, 5.41) is 2.78. The van der Waals surface area contributed by atoms with Gasteiger partial charge in [0.1, 0.15) is 17.4 Å². The molecule has 0 radical (unpaired) electrons. The topological polar surface area (TPSA) is 58.6 Å². The van der Waals surface area contributed by atoms with E-state index >= 15 is 0 Å². The van der Waals surface area contributed by atoms with Crippen molar-refractivity contribution >= 4 is 17.5 Å². The van der Waals surface area contributed by atoms with Gasteiger partial charge in [-0.15, -0.1) is 0 Å². The molecule has 1 fully saturated rings. The van der Waals surface area contributed by atoms with Gasteiger partial charge in [-0.25, -0.2) is 8.78 Å². The minimum Gasteiger partial charge on any atom is -0.496 e. The zero-order valence-electron chi connectivity index (χ0n) is 14.2. The number of ether oxygens (including phenoxy) is 1. The molecule has 136 valence electrons. The van der Waals surface area contributed by atoms with E-state index in [2.05, 4.69) is 5.32 Å². The zero-order chi connectivity index (χ0) is 18.7. The van der Waals surface area contributed by atoms with Gasteiger partial charge in [0.2, 0.25) is 11.8 Å². The summed E-state index contributed by atoms with van der Waals surface area (Å²) in [4.78, 5) is 25.7. The maximum atomic E-state index is 13.9. The van der Waals surface area contributed by atoms with Crippen molar-refractivity contribution in [2.45, 2.75) is 13.0 Å². The third kappa shape index (κ3) is 3.66. The van der Waals surface area contributed by atoms with Crippen LogP contribution in [0.25, 0.3) is 0 Å². The highest BCUT2D eigenvalue weighted by Crippen LogP contribution is 2.28. The second kappa shape index (κ2) is 7.51. The number of anilines is 1. The molecule has 26 heavy (non-hydrogen) atoms. The number of halogens is 2. The van der Waals surface area contributed by atoms with Crippen molar-refractivity contribution in [3.63, 3.8) is 0 Å². The fourth-order valence-electron chi connectivity index (χ4n) is 2.99. The van der Waals surface area contributed by atoms with E-state index in [0.29, 0.717) is 5.75 Å². The first kappa shape index (κ1) is 17.8. The highest BCUT2D eigenvalue weighted by Gasteiger charge is 2.36. The van der Waals surface area contributed by atoms with Crippen LogP contribution in [0.2, 0.25) is 0 Å². The summed E-state index contributed by atoms with van der Waals surface area (Å²) in [7, 11) is 1.55. The van der Waals surface area contributed by atoms with Gasteiger partial charge in [-0.2, -0.15) is 0 Å². The molecule has 1 saturated heterocycles. The number of nitrogens with one attached hydrogen (secondary N) is 1. The fourth-order valence-corrected chi connectivity index (χ4v) is 2.99. The molecule has 0 spiro atoms. The van der Waals surface area contributed by atoms with Crippen LogP contribution in [0.4, 0.5) is 14.5 Å². The number of carbonyl (C=O) groups excluding carboxylic acids is 2. The Balaban J connectivity index is 1.65. The minimum absolute atomic E-state index is 0.0172. The molecule has 2 aromatic carbocycles. The Labute approximate surface area is 149 Å². The molecule has 0 aliphatic carbocycles. The number of rotatable bonds is 5. The number of benzene rings is 2. The molecular weight excluding hydrogens is 342 g/mol. The Bertz CT molecular complexity index is 841. The van der Waals surface area contributed by atoms with Crippen LogP contribution in [-0.2, 0) is 16.1 Å². The summed E-state index contributed by atoms with van der Waals surface area (Å²) in [6, 6.07) is 10.3. The standard InChI is InChI=1S/C19H18F2N2O3/c1-26-17-5-3-2-4-12(17)10-22-19(25)13-8-18(24)23(11-13)16-7-6-14(20)9-15(16)21/h2-7,9,13H,8,10-11H2,1H3,(H,22,25). The average Bonchev–Trinajstić information content (AvgIpc) is 3.01. The van der Waals surface area contributed by atoms with Crippen LogP contribution >= 0.6 is 0 Å². The van der Waals surface area contributed by atoms with Gasteiger partial charge in [-0.3, -0.25) is 9.59 Å². The SMILES string of the molecule is COc1ccccc1CNC(=O)C1CC(=O)N(c2ccc(F)cc2F)C1. The number of carbonyl (C=O) groups is 2. The maximum Gasteiger partial charge on any atom is 0.227 e. The molecule has 1 aliphatic heterocycles. The molecule has 1 unspecified atom stereocenters. The van der Waals surface area contributed by atoms with Crippen LogP contribution in [0.1, 0.15) is 12.0 Å². The van der Waals surface area contributed by atoms with Gasteiger partial charge in [0.25, 0.3) is 0 Å². The monoisotopic (exact) mass is 360 g/mol. The van der Waals surface area contributed by atoms with Gasteiger partial charge in [-0.05, 0) is 18.2 Å². The molecule has 1 N–H and O–H groups in total. The second-order valence-electron chi connectivity index (χ2n) is 6.03. The smallest absolute Gasteiger partial charge is 0.227 e. The van der Waals surface area contributed by atoms with E-state index in [-0.39, 0.29) is 37.0 Å². The normalized spacial score (nSPS) is 16.7. The van der Waals surface area contributed by atoms with E-state index in [1.54, 1.807) is 13.2 Å². The number of hydrogen-bond donors (Lipinski definition) is 1. The number of hydrogen-bond acceptors (Lipinski definition) is 3. The van der Waals surface area contributed by atoms with E-state index in [4.69, 9.17) is 4.74 Å². The fraction of sp³-hybridized carbons (Fsp3) is 0.263. The van der Waals surface area contributed by atoms with Crippen LogP contribution in [0.5, 0.6) is 5.75 Å². The van der Waals surface area contributed by atoms with Crippen LogP contribution < -0.4 is 15.0 Å². The third-order valence-electron chi connectivity index (χ3n) is 4.34. The van der Waals surface area contributed by atoms with Crippen LogP contribution in [0.15, 0.2) is 42.5 Å². The van der Waals surface area contributed by atoms with E-state index < -0.39 is 17.6 Å². The first-order chi connectivity index (χ1) is 12.5. The number of amides is 2. The molecule has 0 aromatic heterocycles. The van der Waals surface area contributed by atoms with E-state index in [1.807, 2.05) is 18.2 Å². The summed E-state index contributed by atoms with van der Waals surface area (Å²) in [5.74, 6) is -2.15. The van der Waals surface area contributed by atoms with Crippen molar-refractivity contribution in [1.29, 1.82) is 0 Å². The molecule has 0 saturated carbocycles. The Morgan fingerprint density at radius 3 is 2.77 bits per heavy atom. The van der Waals surface area contributed by atoms with Gasteiger partial charge in [0.05, 0.1) is 18.7 Å². The Morgan fingerprint density at radius 2 is 2.04 bits per heavy atom. The molecule has 2 amide bonds. The van der Waals surface area contributed by atoms with Gasteiger partial charge < -0.3 is 15.0 Å². The van der Waals surface area contributed by atoms with Crippen LogP contribution in [0, 0.1) is 17.6 Å². The summed E-state index contributed by atoms with van der Waals surface area (Å²) >= 11 is 0. The largest absolute Gasteiger partial charge is 0.496 e. The summed E-state index contributed by atoms with van der Waals surface area (Å²) in [6.45, 7) is 0.317. The molecule has 1 aliphatic rings. The quantitative estimate of drug-likeness (QED) is 0.892. The van der Waals surface area contributed by atoms with Crippen molar-refractivity contribution < 1.29 is 23.1 Å². The number of para-hydroxylation sites is 1. The lowest BCUT2D eigenvalue weighted by Gasteiger charge is -2.17. The zero-order valence-corrected chi connectivity index (χ0v) is 14.2. The molecule has 1 heterocycles. The van der Waals surface area contributed by atoms with Crippen molar-refractivity contribution in [2.75, 3.05) is 18.6 Å². The van der Waals surface area contributed by atoms with E-state index in [1.165, 1.54) is 11.0 Å². The van der Waals surface area contributed by atoms with Crippen LogP contribution in [-0.4, -0.2) is 25.5 Å². The van der Waals surface area contributed by atoms with E-state index in [0.717, 1.165) is 17.7 Å². The first-order valence-corrected chi connectivity index (χ1v) is 8.14. The predicted octanol–water partition coefficient (Wildman–Crippen LogP) is 2.64. The molecule has 2 aromatic rings. The van der Waals surface area contributed by atoms with Crippen molar-refractivity contribution in [3.05, 3.63) is 59.7 Å². The molecule has 0 bridgehead atoms. The lowest BCUT2D eigenvalue weighted by atomic mass is 10.1. The summed E-state index contributed by atoms with van der Waals surface area (Å²) in [6.07, 6.45) is -0.0193. The van der Waals surface area contributed by atoms with Crippen LogP contribution in [0.3, 0.4) is 0 Å². The third-order valence-corrected chi connectivity index (χ3v) is 4.34. The highest BCUT2D eigenvalue weighted by molar-refractivity contribution is 6.00. The Morgan fingerprint density at radius 1 is 1.27 bits per heavy atom. The summed E-state index contributed by atoms with van der Waals surface area (Å²) < 4.78 is 32.2. The second-order valence-corrected chi connectivity index (χ2v) is 6.03. The van der Waals surface area contributed by atoms with Gasteiger partial charge in [0.15, 0.2) is 0 Å². The number of methoxy groups -OCH3 is 1. The van der Waals surface area contributed by atoms with Gasteiger partial charge in [-0.1, -0.05) is 18.2 Å². The molecule has 5 nitrogen and oxygen atoms in total. The molecule has 7 heteroatoms. The molecule has 3 rings (SSSR count). The molecular formula is C19H18F2N2O3. The van der Waals surface area contributed by atoms with Gasteiger partial charge in [0, 0.05) is 31.1 Å². The average molecular weight is 360 g/mol.